The molecule has 1 aromatic rings. The minimum Gasteiger partial charge on any atom is -0.463 e. The van der Waals surface area contributed by atoms with Crippen molar-refractivity contribution in [3.63, 3.8) is 0 Å². The third-order valence-corrected chi connectivity index (χ3v) is 3.85. The van der Waals surface area contributed by atoms with Crippen LogP contribution in [0.15, 0.2) is 28.7 Å². The van der Waals surface area contributed by atoms with Crippen LogP contribution in [0.1, 0.15) is 6.92 Å². The second kappa shape index (κ2) is 7.38. The van der Waals surface area contributed by atoms with Gasteiger partial charge in [-0.3, -0.25) is 4.79 Å². The van der Waals surface area contributed by atoms with E-state index in [0.717, 1.165) is 4.47 Å². The van der Waals surface area contributed by atoms with Crippen LogP contribution in [0.25, 0.3) is 0 Å². The van der Waals surface area contributed by atoms with Crippen LogP contribution >= 0.6 is 15.9 Å². The number of carbonyl (C=O) groups excluding carboxylic acids is 1. The summed E-state index contributed by atoms with van der Waals surface area (Å²) in [6, 6.07) is 5.94. The predicted octanol–water partition coefficient (Wildman–Crippen LogP) is -0.228. The Hall–Kier alpha value is -1.19. The quantitative estimate of drug-likeness (QED) is 0.578. The van der Waals surface area contributed by atoms with Crippen LogP contribution in [0.4, 0.5) is 0 Å². The fourth-order valence-electron chi connectivity index (χ4n) is 2.22. The van der Waals surface area contributed by atoms with Crippen LogP contribution in [-0.2, 0) is 9.53 Å². The fourth-order valence-corrected chi connectivity index (χ4v) is 2.48. The van der Waals surface area contributed by atoms with Gasteiger partial charge in [-0.25, -0.2) is 0 Å². The number of rotatable bonds is 4. The van der Waals surface area contributed by atoms with E-state index < -0.39 is 43.2 Å². The van der Waals surface area contributed by atoms with E-state index in [1.165, 1.54) is 6.92 Å². The SMILES string of the molecule is CC(=O)N[C@@H]1[C@H](Oc2ccc(Br)cc2)O[C@H](CO)[C@@H](O)[C@@H]1O. The Labute approximate surface area is 136 Å². The molecule has 0 radical (unpaired) electrons. The number of carbonyl (C=O) groups is 1. The summed E-state index contributed by atoms with van der Waals surface area (Å²) in [6.45, 7) is 0.805. The lowest BCUT2D eigenvalue weighted by atomic mass is 9.97. The zero-order chi connectivity index (χ0) is 16.3. The van der Waals surface area contributed by atoms with Gasteiger partial charge in [0, 0.05) is 11.4 Å². The molecule has 1 amide bonds. The molecule has 0 aliphatic carbocycles. The van der Waals surface area contributed by atoms with Gasteiger partial charge in [0.2, 0.25) is 12.2 Å². The molecule has 1 aromatic carbocycles. The maximum Gasteiger partial charge on any atom is 0.223 e. The highest BCUT2D eigenvalue weighted by molar-refractivity contribution is 9.10. The number of amides is 1. The second-order valence-corrected chi connectivity index (χ2v) is 5.92. The van der Waals surface area contributed by atoms with Gasteiger partial charge in [0.05, 0.1) is 6.61 Å². The van der Waals surface area contributed by atoms with Gasteiger partial charge in [0.15, 0.2) is 0 Å². The molecule has 5 atom stereocenters. The monoisotopic (exact) mass is 375 g/mol. The van der Waals surface area contributed by atoms with Crippen molar-refractivity contribution >= 4 is 21.8 Å². The van der Waals surface area contributed by atoms with Gasteiger partial charge < -0.3 is 30.1 Å². The van der Waals surface area contributed by atoms with E-state index in [-0.39, 0.29) is 0 Å². The largest absolute Gasteiger partial charge is 0.463 e. The molecule has 1 aliphatic heterocycles. The lowest BCUT2D eigenvalue weighted by Gasteiger charge is -2.42. The molecule has 0 spiro atoms. The van der Waals surface area contributed by atoms with Gasteiger partial charge in [-0.05, 0) is 24.3 Å². The molecule has 4 N–H and O–H groups in total. The van der Waals surface area contributed by atoms with Gasteiger partial charge >= 0.3 is 0 Å². The molecule has 1 saturated heterocycles. The Morgan fingerprint density at radius 2 is 1.95 bits per heavy atom. The molecule has 1 aliphatic rings. The summed E-state index contributed by atoms with van der Waals surface area (Å²) in [5, 5.41) is 31.8. The third-order valence-electron chi connectivity index (χ3n) is 3.32. The topological polar surface area (TPSA) is 108 Å². The molecule has 0 bridgehead atoms. The molecule has 0 unspecified atom stereocenters. The Morgan fingerprint density at radius 1 is 1.32 bits per heavy atom. The van der Waals surface area contributed by atoms with Gasteiger partial charge in [-0.15, -0.1) is 0 Å². The number of aliphatic hydroxyl groups is 3. The number of nitrogens with one attached hydrogen (secondary N) is 1. The average Bonchev–Trinajstić information content (AvgIpc) is 2.48. The predicted molar refractivity (Wildman–Crippen MR) is 80.1 cm³/mol. The van der Waals surface area contributed by atoms with Gasteiger partial charge in [-0.2, -0.15) is 0 Å². The first-order valence-electron chi connectivity index (χ1n) is 6.74. The smallest absolute Gasteiger partial charge is 0.223 e. The van der Waals surface area contributed by atoms with Gasteiger partial charge in [0.25, 0.3) is 0 Å². The molecule has 22 heavy (non-hydrogen) atoms. The van der Waals surface area contributed by atoms with Crippen molar-refractivity contribution in [1.29, 1.82) is 0 Å². The second-order valence-electron chi connectivity index (χ2n) is 5.00. The molecule has 0 saturated carbocycles. The van der Waals surface area contributed by atoms with Gasteiger partial charge in [-0.1, -0.05) is 15.9 Å². The minimum absolute atomic E-state index is 0.397. The van der Waals surface area contributed by atoms with E-state index >= 15 is 0 Å². The zero-order valence-corrected chi connectivity index (χ0v) is 13.4. The zero-order valence-electron chi connectivity index (χ0n) is 11.8. The van der Waals surface area contributed by atoms with Crippen LogP contribution < -0.4 is 10.1 Å². The first kappa shape index (κ1) is 17.2. The maximum absolute atomic E-state index is 11.3. The fraction of sp³-hybridized carbons (Fsp3) is 0.500. The summed E-state index contributed by atoms with van der Waals surface area (Å²) in [4.78, 5) is 11.3. The number of aliphatic hydroxyl groups excluding tert-OH is 3. The summed E-state index contributed by atoms with van der Waals surface area (Å²) in [6.07, 6.45) is -4.69. The highest BCUT2D eigenvalue weighted by Gasteiger charge is 2.46. The first-order chi connectivity index (χ1) is 10.4. The van der Waals surface area contributed by atoms with Crippen molar-refractivity contribution in [2.24, 2.45) is 0 Å². The van der Waals surface area contributed by atoms with Crippen molar-refractivity contribution in [3.05, 3.63) is 28.7 Å². The van der Waals surface area contributed by atoms with Crippen molar-refractivity contribution in [2.75, 3.05) is 6.61 Å². The minimum atomic E-state index is -1.33. The first-order valence-corrected chi connectivity index (χ1v) is 7.53. The Morgan fingerprint density at radius 3 is 2.50 bits per heavy atom. The van der Waals surface area contributed by atoms with Crippen LogP contribution in [0.2, 0.25) is 0 Å². The number of benzene rings is 1. The van der Waals surface area contributed by atoms with E-state index in [4.69, 9.17) is 9.47 Å². The van der Waals surface area contributed by atoms with E-state index in [1.54, 1.807) is 24.3 Å². The van der Waals surface area contributed by atoms with Crippen molar-refractivity contribution in [1.82, 2.24) is 5.32 Å². The number of hydrogen-bond donors (Lipinski definition) is 4. The molecule has 2 rings (SSSR count). The normalized spacial score (nSPS) is 31.6. The molecule has 7 nitrogen and oxygen atoms in total. The van der Waals surface area contributed by atoms with Gasteiger partial charge in [0.1, 0.15) is 30.1 Å². The Bertz CT molecular complexity index is 511. The van der Waals surface area contributed by atoms with Crippen LogP contribution in [0, 0.1) is 0 Å². The van der Waals surface area contributed by atoms with E-state index in [0.29, 0.717) is 5.75 Å². The Balaban J connectivity index is 2.18. The molecule has 8 heteroatoms. The molecular formula is C14H18BrNO6. The molecule has 0 aromatic heterocycles. The third kappa shape index (κ3) is 3.96. The number of ether oxygens (including phenoxy) is 2. The number of hydrogen-bond acceptors (Lipinski definition) is 6. The lowest BCUT2D eigenvalue weighted by molar-refractivity contribution is -0.244. The Kier molecular flexibility index (Phi) is 5.76. The van der Waals surface area contributed by atoms with E-state index in [9.17, 15) is 20.1 Å². The standard InChI is InChI=1S/C14H18BrNO6/c1-7(18)16-11-13(20)12(19)10(6-17)22-14(11)21-9-4-2-8(15)3-5-9/h2-5,10-14,17,19-20H,6H2,1H3,(H,16,18)/t10-,11+,12-,13-,14-/m1/s1. The number of halogens is 1. The highest BCUT2D eigenvalue weighted by Crippen LogP contribution is 2.25. The summed E-state index contributed by atoms with van der Waals surface area (Å²) in [7, 11) is 0. The summed E-state index contributed by atoms with van der Waals surface area (Å²) < 4.78 is 12.0. The van der Waals surface area contributed by atoms with Crippen LogP contribution in [0.3, 0.4) is 0 Å². The summed E-state index contributed by atoms with van der Waals surface area (Å²) >= 11 is 3.30. The summed E-state index contributed by atoms with van der Waals surface area (Å²) in [5.74, 6) is 0.0653. The molecule has 122 valence electrons. The molecule has 1 heterocycles. The molecule has 1 fully saturated rings. The lowest BCUT2D eigenvalue weighted by Crippen LogP contribution is -2.65. The summed E-state index contributed by atoms with van der Waals surface area (Å²) in [5.41, 5.74) is 0. The average molecular weight is 376 g/mol. The van der Waals surface area contributed by atoms with Crippen LogP contribution in [0.5, 0.6) is 5.75 Å². The van der Waals surface area contributed by atoms with E-state index in [1.807, 2.05) is 0 Å². The van der Waals surface area contributed by atoms with E-state index in [2.05, 4.69) is 21.2 Å². The maximum atomic E-state index is 11.3. The van der Waals surface area contributed by atoms with Crippen molar-refractivity contribution < 1.29 is 29.6 Å². The molecular weight excluding hydrogens is 358 g/mol. The van der Waals surface area contributed by atoms with Crippen molar-refractivity contribution in [3.8, 4) is 5.75 Å². The van der Waals surface area contributed by atoms with Crippen molar-refractivity contribution in [2.45, 2.75) is 37.6 Å². The van der Waals surface area contributed by atoms with Crippen LogP contribution in [-0.4, -0.2) is 58.5 Å². The highest BCUT2D eigenvalue weighted by atomic mass is 79.9.